The molecule has 9 heteroatoms. The number of pyridine rings is 1. The molecule has 0 radical (unpaired) electrons. The van der Waals surface area contributed by atoms with Gasteiger partial charge in [0, 0.05) is 29.1 Å². The molecule has 0 aliphatic heterocycles. The van der Waals surface area contributed by atoms with Crippen molar-refractivity contribution in [1.82, 2.24) is 15.6 Å². The highest BCUT2D eigenvalue weighted by atomic mass is 19.4. The van der Waals surface area contributed by atoms with Gasteiger partial charge in [0.15, 0.2) is 0 Å². The number of nitrogens with zero attached hydrogens (tertiary/aromatic N) is 1. The molecule has 1 saturated carbocycles. The number of hydrogen-bond acceptors (Lipinski definition) is 4. The lowest BCUT2D eigenvalue weighted by Crippen LogP contribution is -2.39. The van der Waals surface area contributed by atoms with Gasteiger partial charge >= 0.3 is 6.18 Å². The summed E-state index contributed by atoms with van der Waals surface area (Å²) < 4.78 is 41.0. The molecule has 0 saturated heterocycles. The lowest BCUT2D eigenvalue weighted by molar-refractivity contribution is -0.137. The number of halogens is 3. The summed E-state index contributed by atoms with van der Waals surface area (Å²) in [5.74, 6) is -0.745. The maximum Gasteiger partial charge on any atom is 0.416 e. The molecule has 4 rings (SSSR count). The predicted molar refractivity (Wildman–Crippen MR) is 137 cm³/mol. The third kappa shape index (κ3) is 6.28. The topological polar surface area (TPSA) is 97.1 Å². The number of alkyl halides is 3. The van der Waals surface area contributed by atoms with Gasteiger partial charge < -0.3 is 16.4 Å². The first-order valence-electron chi connectivity index (χ1n) is 12.5. The van der Waals surface area contributed by atoms with Gasteiger partial charge in [0.05, 0.1) is 28.9 Å². The van der Waals surface area contributed by atoms with E-state index >= 15 is 0 Å². The van der Waals surface area contributed by atoms with E-state index in [0.29, 0.717) is 22.7 Å². The number of nitrogens with two attached hydrogens (primary N) is 1. The summed E-state index contributed by atoms with van der Waals surface area (Å²) in [4.78, 5) is 29.9. The van der Waals surface area contributed by atoms with Crippen molar-refractivity contribution >= 4 is 22.7 Å². The molecule has 2 aromatic carbocycles. The second kappa shape index (κ2) is 11.3. The normalized spacial score (nSPS) is 15.5. The first-order chi connectivity index (χ1) is 17.6. The molecule has 4 N–H and O–H groups in total. The van der Waals surface area contributed by atoms with E-state index in [0.717, 1.165) is 37.8 Å². The number of rotatable bonds is 8. The van der Waals surface area contributed by atoms with E-state index in [2.05, 4.69) is 15.6 Å². The second-order valence-electron chi connectivity index (χ2n) is 9.64. The Morgan fingerprint density at radius 2 is 1.78 bits per heavy atom. The highest BCUT2D eigenvalue weighted by Gasteiger charge is 2.32. The average Bonchev–Trinajstić information content (AvgIpc) is 2.88. The molecule has 0 spiro atoms. The van der Waals surface area contributed by atoms with Crippen LogP contribution in [0.3, 0.4) is 0 Å². The highest BCUT2D eigenvalue weighted by Crippen LogP contribution is 2.36. The number of amides is 2. The molecule has 6 nitrogen and oxygen atoms in total. The second-order valence-corrected chi connectivity index (χ2v) is 9.64. The molecule has 37 heavy (non-hydrogen) atoms. The number of carbonyl (C=O) groups excluding carboxylic acids is 2. The minimum Gasteiger partial charge on any atom is -0.369 e. The minimum absolute atomic E-state index is 0.0207. The van der Waals surface area contributed by atoms with Crippen LogP contribution in [0.25, 0.3) is 22.2 Å². The molecule has 196 valence electrons. The van der Waals surface area contributed by atoms with Crippen LogP contribution in [-0.2, 0) is 17.5 Å². The van der Waals surface area contributed by atoms with E-state index in [9.17, 15) is 22.8 Å². The fourth-order valence-corrected chi connectivity index (χ4v) is 5.09. The van der Waals surface area contributed by atoms with Gasteiger partial charge in [0.2, 0.25) is 5.91 Å². The Bertz CT molecular complexity index is 1270. The zero-order valence-electron chi connectivity index (χ0n) is 20.7. The summed E-state index contributed by atoms with van der Waals surface area (Å²) in [6.45, 7) is 1.81. The summed E-state index contributed by atoms with van der Waals surface area (Å²) in [5.41, 5.74) is 6.40. The van der Waals surface area contributed by atoms with Gasteiger partial charge in [-0.3, -0.25) is 9.59 Å². The van der Waals surface area contributed by atoms with Crippen LogP contribution >= 0.6 is 0 Å². The zero-order valence-corrected chi connectivity index (χ0v) is 20.7. The van der Waals surface area contributed by atoms with Gasteiger partial charge in [-0.2, -0.15) is 13.2 Å². The Morgan fingerprint density at radius 3 is 2.43 bits per heavy atom. The molecule has 1 heterocycles. The number of hydrogen-bond donors (Lipinski definition) is 3. The van der Waals surface area contributed by atoms with Crippen molar-refractivity contribution < 1.29 is 22.8 Å². The van der Waals surface area contributed by atoms with Crippen molar-refractivity contribution in [3.8, 4) is 11.3 Å². The first-order valence-corrected chi connectivity index (χ1v) is 12.5. The van der Waals surface area contributed by atoms with E-state index in [1.54, 1.807) is 0 Å². The molecule has 1 fully saturated rings. The number of fused-ring (bicyclic) bond motifs is 1. The Morgan fingerprint density at radius 1 is 1.08 bits per heavy atom. The van der Waals surface area contributed by atoms with Crippen LogP contribution in [0, 0.1) is 5.92 Å². The van der Waals surface area contributed by atoms with Crippen LogP contribution in [0.5, 0.6) is 0 Å². The van der Waals surface area contributed by atoms with Gasteiger partial charge in [-0.1, -0.05) is 49.6 Å². The van der Waals surface area contributed by atoms with Gasteiger partial charge in [0.1, 0.15) is 0 Å². The van der Waals surface area contributed by atoms with E-state index in [-0.39, 0.29) is 35.6 Å². The molecule has 0 unspecified atom stereocenters. The zero-order chi connectivity index (χ0) is 26.6. The Labute approximate surface area is 213 Å². The fraction of sp³-hybridized carbons (Fsp3) is 0.393. The number of aromatic nitrogens is 1. The van der Waals surface area contributed by atoms with E-state index < -0.39 is 23.6 Å². The monoisotopic (exact) mass is 512 g/mol. The largest absolute Gasteiger partial charge is 0.416 e. The lowest BCUT2D eigenvalue weighted by Gasteiger charge is -2.29. The van der Waals surface area contributed by atoms with E-state index in [1.165, 1.54) is 12.5 Å². The van der Waals surface area contributed by atoms with Gasteiger partial charge in [-0.15, -0.1) is 0 Å². The van der Waals surface area contributed by atoms with Crippen LogP contribution in [0.2, 0.25) is 0 Å². The smallest absolute Gasteiger partial charge is 0.369 e. The maximum absolute atomic E-state index is 13.8. The fourth-order valence-electron chi connectivity index (χ4n) is 5.09. The van der Waals surface area contributed by atoms with Crippen molar-refractivity contribution in [3.63, 3.8) is 0 Å². The minimum atomic E-state index is -4.58. The Hall–Kier alpha value is -3.46. The van der Waals surface area contributed by atoms with Gasteiger partial charge in [-0.25, -0.2) is 4.98 Å². The maximum atomic E-state index is 13.8. The van der Waals surface area contributed by atoms with Crippen LogP contribution in [0.1, 0.15) is 60.5 Å². The van der Waals surface area contributed by atoms with Crippen molar-refractivity contribution in [1.29, 1.82) is 0 Å². The van der Waals surface area contributed by atoms with Crippen LogP contribution in [0.15, 0.2) is 48.5 Å². The number of carbonyl (C=O) groups is 2. The molecule has 1 aliphatic rings. The molecular formula is C28H31F3N4O2. The molecule has 3 aromatic rings. The van der Waals surface area contributed by atoms with Crippen molar-refractivity contribution in [2.24, 2.45) is 11.7 Å². The highest BCUT2D eigenvalue weighted by molar-refractivity contribution is 6.09. The van der Waals surface area contributed by atoms with E-state index in [1.807, 2.05) is 37.3 Å². The summed E-state index contributed by atoms with van der Waals surface area (Å²) >= 11 is 0. The summed E-state index contributed by atoms with van der Waals surface area (Å²) in [7, 11) is 0. The number of benzene rings is 2. The molecule has 1 atom stereocenters. The van der Waals surface area contributed by atoms with E-state index in [4.69, 9.17) is 5.73 Å². The van der Waals surface area contributed by atoms with Crippen molar-refractivity contribution in [2.75, 3.05) is 6.54 Å². The summed E-state index contributed by atoms with van der Waals surface area (Å²) in [6.07, 6.45) is 0.775. The van der Waals surface area contributed by atoms with Gasteiger partial charge in [-0.05, 0) is 43.9 Å². The number of nitrogens with one attached hydrogen (secondary N) is 2. The Balaban J connectivity index is 1.89. The van der Waals surface area contributed by atoms with Crippen LogP contribution in [-0.4, -0.2) is 29.4 Å². The molecule has 2 amide bonds. The van der Waals surface area contributed by atoms with Crippen molar-refractivity contribution in [3.05, 3.63) is 65.2 Å². The molecule has 1 aromatic heterocycles. The SMILES string of the molecule is C[C@H](NC(=O)c1c(CNCC(N)=O)c(-c2ccccc2)nc2ccc(C(F)(F)F)cc12)C1CCCCC1. The lowest BCUT2D eigenvalue weighted by atomic mass is 9.84. The number of primary amides is 1. The first kappa shape index (κ1) is 26.6. The van der Waals surface area contributed by atoms with Gasteiger partial charge in [0.25, 0.3) is 5.91 Å². The third-order valence-electron chi connectivity index (χ3n) is 7.00. The summed E-state index contributed by atoms with van der Waals surface area (Å²) in [5, 5.41) is 6.09. The molecule has 0 bridgehead atoms. The quantitative estimate of drug-likeness (QED) is 0.387. The van der Waals surface area contributed by atoms with Crippen molar-refractivity contribution in [2.45, 2.75) is 57.8 Å². The molecule has 1 aliphatic carbocycles. The predicted octanol–water partition coefficient (Wildman–Crippen LogP) is 5.19. The molecular weight excluding hydrogens is 481 g/mol. The summed E-state index contributed by atoms with van der Waals surface area (Å²) in [6, 6.07) is 12.2. The average molecular weight is 513 g/mol. The standard InChI is InChI=1S/C28H31F3N4O2/c1-17(18-8-4-2-5-9-18)34-27(37)25-21-14-20(28(29,30)31)12-13-23(21)35-26(19-10-6-3-7-11-19)22(25)15-33-16-24(32)36/h3,6-7,10-14,17-18,33H,2,4-5,8-9,15-16H2,1H3,(H2,32,36)(H,34,37)/t17-/m0/s1. The third-order valence-corrected chi connectivity index (χ3v) is 7.00. The van der Waals surface area contributed by atoms with Crippen LogP contribution < -0.4 is 16.4 Å². The van der Waals surface area contributed by atoms with Crippen LogP contribution in [0.4, 0.5) is 13.2 Å². The Kier molecular flexibility index (Phi) is 8.12.